The van der Waals surface area contributed by atoms with Crippen LogP contribution in [0.15, 0.2) is 18.2 Å². The number of aryl methyl sites for hydroxylation is 1. The third-order valence-corrected chi connectivity index (χ3v) is 3.28. The first kappa shape index (κ1) is 15.7. The summed E-state index contributed by atoms with van der Waals surface area (Å²) in [5, 5.41) is 10.2. The second-order valence-corrected chi connectivity index (χ2v) is 4.86. The van der Waals surface area contributed by atoms with Crippen LogP contribution < -0.4 is 44.1 Å². The smallest absolute Gasteiger partial charge is 0.549 e. The van der Waals surface area contributed by atoms with Gasteiger partial charge in [-0.05, 0) is 29.9 Å². The minimum atomic E-state index is -1.02. The minimum absolute atomic E-state index is 0. The maximum atomic E-state index is 10.2. The second kappa shape index (κ2) is 7.28. The summed E-state index contributed by atoms with van der Waals surface area (Å²) < 4.78 is 10.9. The maximum absolute atomic E-state index is 10.2. The van der Waals surface area contributed by atoms with Gasteiger partial charge in [0.05, 0.1) is 5.97 Å². The molecular formula is C12H13NaO4S. The number of carbonyl (C=O) groups excluding carboxylic acids is 1. The van der Waals surface area contributed by atoms with Gasteiger partial charge in [-0.1, -0.05) is 6.07 Å². The van der Waals surface area contributed by atoms with Crippen LogP contribution in [-0.2, 0) is 11.2 Å². The van der Waals surface area contributed by atoms with Gasteiger partial charge < -0.3 is 19.4 Å². The topological polar surface area (TPSA) is 58.6 Å². The zero-order valence-electron chi connectivity index (χ0n) is 10.5. The Labute approximate surface area is 132 Å². The molecule has 4 nitrogen and oxygen atoms in total. The average molecular weight is 276 g/mol. The molecule has 6 heteroatoms. The molecule has 1 aliphatic heterocycles. The van der Waals surface area contributed by atoms with Crippen LogP contribution >= 0.6 is 11.8 Å². The van der Waals surface area contributed by atoms with Gasteiger partial charge in [-0.3, -0.25) is 0 Å². The van der Waals surface area contributed by atoms with Gasteiger partial charge in [-0.2, -0.15) is 11.8 Å². The molecule has 0 N–H and O–H groups in total. The summed E-state index contributed by atoms with van der Waals surface area (Å²) >= 11 is 1.36. The van der Waals surface area contributed by atoms with E-state index in [-0.39, 0.29) is 41.6 Å². The zero-order valence-corrected chi connectivity index (χ0v) is 13.3. The molecule has 1 aromatic carbocycles. The molecule has 1 unspecified atom stereocenters. The molecule has 18 heavy (non-hydrogen) atoms. The molecule has 0 amide bonds. The minimum Gasteiger partial charge on any atom is -0.549 e. The Morgan fingerprint density at radius 2 is 2.11 bits per heavy atom. The zero-order chi connectivity index (χ0) is 12.3. The Morgan fingerprint density at radius 1 is 1.39 bits per heavy atom. The van der Waals surface area contributed by atoms with Crippen molar-refractivity contribution >= 4 is 17.7 Å². The Kier molecular flexibility index (Phi) is 6.35. The molecule has 1 atom stereocenters. The molecule has 1 aromatic rings. The van der Waals surface area contributed by atoms with Crippen LogP contribution in [0.2, 0.25) is 0 Å². The number of ether oxygens (including phenoxy) is 2. The number of hydrogen-bond donors (Lipinski definition) is 0. The van der Waals surface area contributed by atoms with Gasteiger partial charge in [-0.15, -0.1) is 0 Å². The monoisotopic (exact) mass is 276 g/mol. The molecule has 0 saturated carbocycles. The van der Waals surface area contributed by atoms with E-state index in [9.17, 15) is 9.90 Å². The third kappa shape index (κ3) is 4.39. The Hall–Kier alpha value is -0.360. The summed E-state index contributed by atoms with van der Waals surface area (Å²) in [5.41, 5.74) is 1.12. The number of rotatable bonds is 5. The average Bonchev–Trinajstić information content (AvgIpc) is 2.63. The number of aliphatic carboxylic acids is 1. The third-order valence-electron chi connectivity index (χ3n) is 2.35. The predicted molar refractivity (Wildman–Crippen MR) is 63.2 cm³/mol. The standard InChI is InChI=1S/C12H14O4S.Na/c1-8-15-10-3-2-9(6-11(10)16-8)4-5-17-7-12(13)14;/h2-3,6,8H,4-5,7H2,1H3,(H,13,14);/q;+1/p-1. The first-order valence-electron chi connectivity index (χ1n) is 5.39. The number of fused-ring (bicyclic) bond motifs is 1. The van der Waals surface area contributed by atoms with E-state index in [1.54, 1.807) is 0 Å². The summed E-state index contributed by atoms with van der Waals surface area (Å²) in [7, 11) is 0. The number of carboxylic acids is 1. The summed E-state index contributed by atoms with van der Waals surface area (Å²) in [6.07, 6.45) is 0.580. The molecule has 1 aliphatic rings. The van der Waals surface area contributed by atoms with Crippen molar-refractivity contribution in [1.82, 2.24) is 0 Å². The van der Waals surface area contributed by atoms with E-state index in [0.717, 1.165) is 29.2 Å². The van der Waals surface area contributed by atoms with Gasteiger partial charge in [-0.25, -0.2) is 0 Å². The number of hydrogen-bond acceptors (Lipinski definition) is 5. The van der Waals surface area contributed by atoms with Crippen molar-refractivity contribution in [2.45, 2.75) is 19.6 Å². The van der Waals surface area contributed by atoms with Crippen molar-refractivity contribution < 1.29 is 48.9 Å². The Balaban J connectivity index is 0.00000162. The van der Waals surface area contributed by atoms with Crippen molar-refractivity contribution in [3.05, 3.63) is 23.8 Å². The fourth-order valence-corrected chi connectivity index (χ4v) is 2.32. The first-order chi connectivity index (χ1) is 8.15. The van der Waals surface area contributed by atoms with Gasteiger partial charge in [0.15, 0.2) is 11.5 Å². The molecule has 2 rings (SSSR count). The van der Waals surface area contributed by atoms with E-state index in [0.29, 0.717) is 0 Å². The molecule has 0 aromatic heterocycles. The quantitative estimate of drug-likeness (QED) is 0.453. The van der Waals surface area contributed by atoms with Crippen LogP contribution in [0, 0.1) is 0 Å². The van der Waals surface area contributed by atoms with E-state index in [2.05, 4.69) is 0 Å². The molecule has 0 saturated heterocycles. The summed E-state index contributed by atoms with van der Waals surface area (Å²) in [6.45, 7) is 1.84. The molecule has 0 radical (unpaired) electrons. The molecule has 0 spiro atoms. The SMILES string of the molecule is CC1Oc2ccc(CCSCC(=O)[O-])cc2O1.[Na+]. The second-order valence-electron chi connectivity index (χ2n) is 3.76. The van der Waals surface area contributed by atoms with Crippen LogP contribution in [0.1, 0.15) is 12.5 Å². The molecule has 1 heterocycles. The van der Waals surface area contributed by atoms with Crippen molar-refractivity contribution in [2.24, 2.45) is 0 Å². The number of thioether (sulfide) groups is 1. The molecular weight excluding hydrogens is 263 g/mol. The van der Waals surface area contributed by atoms with Crippen molar-refractivity contribution in [3.63, 3.8) is 0 Å². The fraction of sp³-hybridized carbons (Fsp3) is 0.417. The van der Waals surface area contributed by atoms with Crippen molar-refractivity contribution in [1.29, 1.82) is 0 Å². The molecule has 92 valence electrons. The largest absolute Gasteiger partial charge is 1.00 e. The van der Waals surface area contributed by atoms with Crippen molar-refractivity contribution in [2.75, 3.05) is 11.5 Å². The fourth-order valence-electron chi connectivity index (χ4n) is 1.62. The van der Waals surface area contributed by atoms with Crippen LogP contribution in [0.5, 0.6) is 11.5 Å². The molecule has 0 fully saturated rings. The van der Waals surface area contributed by atoms with Gasteiger partial charge >= 0.3 is 29.6 Å². The van der Waals surface area contributed by atoms with Crippen LogP contribution in [-0.4, -0.2) is 23.8 Å². The van der Waals surface area contributed by atoms with Crippen LogP contribution in [0.25, 0.3) is 0 Å². The van der Waals surface area contributed by atoms with E-state index in [1.165, 1.54) is 11.8 Å². The first-order valence-corrected chi connectivity index (χ1v) is 6.54. The molecule has 0 bridgehead atoms. The normalized spacial score (nSPS) is 16.2. The van der Waals surface area contributed by atoms with E-state index in [1.807, 2.05) is 25.1 Å². The number of carboxylic acid groups (broad SMARTS) is 1. The van der Waals surface area contributed by atoms with Gasteiger partial charge in [0.25, 0.3) is 0 Å². The van der Waals surface area contributed by atoms with Gasteiger partial charge in [0.1, 0.15) is 0 Å². The molecule has 0 aliphatic carbocycles. The Morgan fingerprint density at radius 3 is 2.83 bits per heavy atom. The van der Waals surface area contributed by atoms with E-state index < -0.39 is 5.97 Å². The van der Waals surface area contributed by atoms with Gasteiger partial charge in [0, 0.05) is 12.7 Å². The van der Waals surface area contributed by atoms with Crippen LogP contribution in [0.4, 0.5) is 0 Å². The predicted octanol–water partition coefficient (Wildman–Crippen LogP) is -2.17. The van der Waals surface area contributed by atoms with E-state index in [4.69, 9.17) is 9.47 Å². The summed E-state index contributed by atoms with van der Waals surface area (Å²) in [4.78, 5) is 10.2. The van der Waals surface area contributed by atoms with Crippen LogP contribution in [0.3, 0.4) is 0 Å². The van der Waals surface area contributed by atoms with Gasteiger partial charge in [0.2, 0.25) is 6.29 Å². The number of carbonyl (C=O) groups is 1. The summed E-state index contributed by atoms with van der Waals surface area (Å²) in [5.74, 6) is 1.31. The van der Waals surface area contributed by atoms with Crippen molar-refractivity contribution in [3.8, 4) is 11.5 Å². The van der Waals surface area contributed by atoms with E-state index >= 15 is 0 Å². The number of benzene rings is 1. The maximum Gasteiger partial charge on any atom is 1.00 e. The Bertz CT molecular complexity index is 425. The summed E-state index contributed by atoms with van der Waals surface area (Å²) in [6, 6.07) is 5.80.